The fourth-order valence-electron chi connectivity index (χ4n) is 3.54. The van der Waals surface area contributed by atoms with Crippen LogP contribution in [-0.4, -0.2) is 33.6 Å². The zero-order valence-corrected chi connectivity index (χ0v) is 17.1. The van der Waals surface area contributed by atoms with Crippen molar-refractivity contribution in [1.29, 1.82) is 0 Å². The molecule has 32 heavy (non-hydrogen) atoms. The van der Waals surface area contributed by atoms with Crippen molar-refractivity contribution in [2.45, 2.75) is 6.54 Å². The van der Waals surface area contributed by atoms with E-state index in [0.29, 0.717) is 27.9 Å². The van der Waals surface area contributed by atoms with Gasteiger partial charge in [-0.05, 0) is 36.4 Å². The second kappa shape index (κ2) is 8.73. The predicted molar refractivity (Wildman–Crippen MR) is 118 cm³/mol. The van der Waals surface area contributed by atoms with Crippen LogP contribution in [0.3, 0.4) is 0 Å². The van der Waals surface area contributed by atoms with Crippen LogP contribution in [-0.2, 0) is 6.54 Å². The molecule has 1 amide bonds. The molecular formula is C24H19N3O5. The molecule has 0 aliphatic heterocycles. The van der Waals surface area contributed by atoms with Crippen molar-refractivity contribution < 1.29 is 19.4 Å². The molecule has 160 valence electrons. The zero-order chi connectivity index (χ0) is 22.7. The van der Waals surface area contributed by atoms with Crippen LogP contribution in [0.1, 0.15) is 26.4 Å². The Morgan fingerprint density at radius 1 is 1.09 bits per heavy atom. The molecule has 4 aromatic rings. The fourth-order valence-corrected chi connectivity index (χ4v) is 3.54. The number of methoxy groups -OCH3 is 1. The van der Waals surface area contributed by atoms with Crippen LogP contribution in [0.15, 0.2) is 77.9 Å². The summed E-state index contributed by atoms with van der Waals surface area (Å²) in [5.74, 6) is -1.27. The first-order valence-electron chi connectivity index (χ1n) is 9.74. The number of para-hydroxylation sites is 1. The molecule has 2 heterocycles. The summed E-state index contributed by atoms with van der Waals surface area (Å²) in [6.07, 6.45) is 2.93. The number of nitrogens with one attached hydrogen (secondary N) is 1. The molecule has 0 fully saturated rings. The summed E-state index contributed by atoms with van der Waals surface area (Å²) in [6.45, 7) is -0.261. The van der Waals surface area contributed by atoms with Crippen LogP contribution in [0.25, 0.3) is 16.6 Å². The standard InChI is InChI=1S/C24H19N3O5/c1-32-17-9-10-18-20(12-17)27(16-7-3-2-4-8-16)21(24(30)31)19(22(18)28)14-26-23(29)15-6-5-11-25-13-15/h2-13H,14H2,1H3,(H,26,29)(H,30,31). The molecule has 0 aliphatic rings. The van der Waals surface area contributed by atoms with Gasteiger partial charge in [-0.1, -0.05) is 18.2 Å². The highest BCUT2D eigenvalue weighted by Crippen LogP contribution is 2.25. The Morgan fingerprint density at radius 2 is 1.88 bits per heavy atom. The number of carboxylic acid groups (broad SMARTS) is 1. The first kappa shape index (κ1) is 20.8. The van der Waals surface area contributed by atoms with Crippen molar-refractivity contribution in [2.24, 2.45) is 0 Å². The van der Waals surface area contributed by atoms with Gasteiger partial charge in [0, 0.05) is 36.1 Å². The Morgan fingerprint density at radius 3 is 2.53 bits per heavy atom. The number of benzene rings is 2. The van der Waals surface area contributed by atoms with Crippen LogP contribution in [0.4, 0.5) is 0 Å². The van der Waals surface area contributed by atoms with E-state index in [0.717, 1.165) is 0 Å². The topological polar surface area (TPSA) is 111 Å². The summed E-state index contributed by atoms with van der Waals surface area (Å²) >= 11 is 0. The third kappa shape index (κ3) is 3.81. The Kier molecular flexibility index (Phi) is 5.67. The molecule has 0 atom stereocenters. The van der Waals surface area contributed by atoms with Crippen LogP contribution in [0, 0.1) is 0 Å². The Balaban J connectivity index is 1.93. The SMILES string of the molecule is COc1ccc2c(=O)c(CNC(=O)c3cccnc3)c(C(=O)O)n(-c3ccccc3)c2c1. The smallest absolute Gasteiger partial charge is 0.353 e. The maximum Gasteiger partial charge on any atom is 0.353 e. The lowest BCUT2D eigenvalue weighted by Gasteiger charge is -2.19. The maximum atomic E-state index is 13.3. The van der Waals surface area contributed by atoms with Gasteiger partial charge in [-0.3, -0.25) is 14.6 Å². The Labute approximate surface area is 182 Å². The molecule has 8 heteroatoms. The van der Waals surface area contributed by atoms with Gasteiger partial charge in [0.1, 0.15) is 11.4 Å². The first-order chi connectivity index (χ1) is 15.5. The minimum absolute atomic E-state index is 0.0312. The summed E-state index contributed by atoms with van der Waals surface area (Å²) < 4.78 is 6.78. The number of carboxylic acids is 1. The van der Waals surface area contributed by atoms with Gasteiger partial charge in [0.25, 0.3) is 5.91 Å². The van der Waals surface area contributed by atoms with E-state index in [1.807, 2.05) is 6.07 Å². The molecule has 0 bridgehead atoms. The van der Waals surface area contributed by atoms with Crippen LogP contribution in [0.2, 0.25) is 0 Å². The van der Waals surface area contributed by atoms with Gasteiger partial charge in [-0.15, -0.1) is 0 Å². The third-order valence-corrected chi connectivity index (χ3v) is 5.04. The van der Waals surface area contributed by atoms with Gasteiger partial charge in [0.05, 0.1) is 23.8 Å². The van der Waals surface area contributed by atoms with Gasteiger partial charge in [0.2, 0.25) is 0 Å². The molecule has 2 N–H and O–H groups in total. The van der Waals surface area contributed by atoms with Gasteiger partial charge in [-0.25, -0.2) is 4.79 Å². The minimum Gasteiger partial charge on any atom is -0.497 e. The van der Waals surface area contributed by atoms with Crippen molar-refractivity contribution in [2.75, 3.05) is 7.11 Å². The summed E-state index contributed by atoms with van der Waals surface area (Å²) in [6, 6.07) is 16.9. The van der Waals surface area contributed by atoms with E-state index in [-0.39, 0.29) is 17.8 Å². The highest BCUT2D eigenvalue weighted by atomic mass is 16.5. The number of hydrogen-bond donors (Lipinski definition) is 2. The van der Waals surface area contributed by atoms with Gasteiger partial charge < -0.3 is 19.7 Å². The molecule has 0 radical (unpaired) electrons. The van der Waals surface area contributed by atoms with E-state index >= 15 is 0 Å². The number of amides is 1. The molecule has 8 nitrogen and oxygen atoms in total. The summed E-state index contributed by atoms with van der Waals surface area (Å²) in [5, 5.41) is 13.0. The third-order valence-electron chi connectivity index (χ3n) is 5.04. The minimum atomic E-state index is -1.29. The van der Waals surface area contributed by atoms with Gasteiger partial charge >= 0.3 is 5.97 Å². The molecular weight excluding hydrogens is 410 g/mol. The quantitative estimate of drug-likeness (QED) is 0.488. The normalized spacial score (nSPS) is 10.7. The van der Waals surface area contributed by atoms with Gasteiger partial charge in [-0.2, -0.15) is 0 Å². The first-order valence-corrected chi connectivity index (χ1v) is 9.74. The molecule has 0 saturated heterocycles. The second-order valence-electron chi connectivity index (χ2n) is 6.94. The lowest BCUT2D eigenvalue weighted by molar-refractivity contribution is 0.0685. The number of aromatic nitrogens is 2. The summed E-state index contributed by atoms with van der Waals surface area (Å²) in [5.41, 5.74) is 0.519. The molecule has 4 rings (SSSR count). The van der Waals surface area contributed by atoms with Crippen molar-refractivity contribution in [1.82, 2.24) is 14.9 Å². The number of pyridine rings is 2. The molecule has 0 aliphatic carbocycles. The average Bonchev–Trinajstić information content (AvgIpc) is 2.83. The van der Waals surface area contributed by atoms with E-state index in [9.17, 15) is 19.5 Å². The molecule has 0 saturated carbocycles. The van der Waals surface area contributed by atoms with Crippen molar-refractivity contribution in [3.8, 4) is 11.4 Å². The lowest BCUT2D eigenvalue weighted by atomic mass is 10.1. The maximum absolute atomic E-state index is 13.3. The van der Waals surface area contributed by atoms with E-state index in [4.69, 9.17) is 4.74 Å². The summed E-state index contributed by atoms with van der Waals surface area (Å²) in [7, 11) is 1.49. The number of ether oxygens (including phenoxy) is 1. The number of carbonyl (C=O) groups excluding carboxylic acids is 1. The second-order valence-corrected chi connectivity index (χ2v) is 6.94. The number of nitrogens with zero attached hydrogens (tertiary/aromatic N) is 2. The Hall–Kier alpha value is -4.46. The van der Waals surface area contributed by atoms with E-state index in [1.54, 1.807) is 54.6 Å². The zero-order valence-electron chi connectivity index (χ0n) is 17.1. The fraction of sp³-hybridized carbons (Fsp3) is 0.0833. The number of hydrogen-bond acceptors (Lipinski definition) is 5. The van der Waals surface area contributed by atoms with Crippen LogP contribution >= 0.6 is 0 Å². The molecule has 0 spiro atoms. The highest BCUT2D eigenvalue weighted by molar-refractivity contribution is 5.96. The number of aromatic carboxylic acids is 1. The van der Waals surface area contributed by atoms with Crippen molar-refractivity contribution in [3.63, 3.8) is 0 Å². The molecule has 0 unspecified atom stereocenters. The molecule has 2 aromatic heterocycles. The monoisotopic (exact) mass is 429 g/mol. The van der Waals surface area contributed by atoms with Crippen LogP contribution in [0.5, 0.6) is 5.75 Å². The van der Waals surface area contributed by atoms with E-state index in [1.165, 1.54) is 24.1 Å². The van der Waals surface area contributed by atoms with Crippen molar-refractivity contribution >= 4 is 22.8 Å². The number of carbonyl (C=O) groups is 2. The summed E-state index contributed by atoms with van der Waals surface area (Å²) in [4.78, 5) is 42.1. The average molecular weight is 429 g/mol. The van der Waals surface area contributed by atoms with Gasteiger partial charge in [0.15, 0.2) is 5.43 Å². The van der Waals surface area contributed by atoms with Crippen LogP contribution < -0.4 is 15.5 Å². The molecule has 2 aromatic carbocycles. The number of fused-ring (bicyclic) bond motifs is 1. The number of rotatable bonds is 6. The lowest BCUT2D eigenvalue weighted by Crippen LogP contribution is -2.30. The Bertz CT molecular complexity index is 1370. The highest BCUT2D eigenvalue weighted by Gasteiger charge is 2.24. The van der Waals surface area contributed by atoms with E-state index < -0.39 is 17.3 Å². The largest absolute Gasteiger partial charge is 0.497 e. The van der Waals surface area contributed by atoms with Crippen molar-refractivity contribution in [3.05, 3.63) is 100 Å². The predicted octanol–water partition coefficient (Wildman–Crippen LogP) is 3.02. The van der Waals surface area contributed by atoms with E-state index in [2.05, 4.69) is 10.3 Å².